The first kappa shape index (κ1) is 26.9. The van der Waals surface area contributed by atoms with Gasteiger partial charge in [-0.2, -0.15) is 0 Å². The second-order valence-corrected chi connectivity index (χ2v) is 13.1. The highest BCUT2D eigenvalue weighted by Crippen LogP contribution is 2.61. The van der Waals surface area contributed by atoms with Gasteiger partial charge in [0, 0.05) is 49.5 Å². The maximum absolute atomic E-state index is 13.2. The predicted molar refractivity (Wildman–Crippen MR) is 157 cm³/mol. The van der Waals surface area contributed by atoms with Crippen LogP contribution >= 0.6 is 0 Å². The van der Waals surface area contributed by atoms with Crippen LogP contribution in [0.2, 0.25) is 0 Å². The van der Waals surface area contributed by atoms with E-state index in [1.54, 1.807) is 6.07 Å². The van der Waals surface area contributed by atoms with E-state index >= 15 is 0 Å². The topological polar surface area (TPSA) is 88.0 Å². The number of anilines is 2. The van der Waals surface area contributed by atoms with Crippen LogP contribution in [0.15, 0.2) is 42.5 Å². The van der Waals surface area contributed by atoms with Crippen molar-refractivity contribution in [1.29, 1.82) is 0 Å². The van der Waals surface area contributed by atoms with E-state index in [-0.39, 0.29) is 34.1 Å². The van der Waals surface area contributed by atoms with Gasteiger partial charge in [-0.25, -0.2) is 0 Å². The maximum atomic E-state index is 13.2. The molecule has 214 valence electrons. The summed E-state index contributed by atoms with van der Waals surface area (Å²) in [5.41, 5.74) is 2.60. The number of nitrogens with zero attached hydrogens (tertiary/aromatic N) is 3. The van der Waals surface area contributed by atoms with Crippen LogP contribution in [0.25, 0.3) is 0 Å². The van der Waals surface area contributed by atoms with Gasteiger partial charge in [0.1, 0.15) is 11.4 Å². The second kappa shape index (κ2) is 10.6. The minimum absolute atomic E-state index is 0.00399. The number of benzene rings is 2. The number of rotatable bonds is 8. The molecule has 8 heteroatoms. The van der Waals surface area contributed by atoms with E-state index in [9.17, 15) is 14.9 Å². The summed E-state index contributed by atoms with van der Waals surface area (Å²) in [6, 6.07) is 13.0. The lowest BCUT2D eigenvalue weighted by Gasteiger charge is -2.59. The summed E-state index contributed by atoms with van der Waals surface area (Å²) < 4.78 is 5.77. The van der Waals surface area contributed by atoms with Gasteiger partial charge < -0.3 is 19.9 Å². The fourth-order valence-electron chi connectivity index (χ4n) is 8.41. The number of amides is 1. The van der Waals surface area contributed by atoms with Gasteiger partial charge in [-0.1, -0.05) is 6.07 Å². The first-order valence-corrected chi connectivity index (χ1v) is 15.0. The average Bonchev–Trinajstić information content (AvgIpc) is 2.91. The molecule has 8 nitrogen and oxygen atoms in total. The van der Waals surface area contributed by atoms with Crippen LogP contribution < -0.4 is 15.0 Å². The lowest BCUT2D eigenvalue weighted by Crippen LogP contribution is -2.53. The Morgan fingerprint density at radius 3 is 2.23 bits per heavy atom. The molecule has 1 amide bonds. The number of carbonyl (C=O) groups is 1. The average molecular weight is 547 g/mol. The summed E-state index contributed by atoms with van der Waals surface area (Å²) in [4.78, 5) is 29.0. The van der Waals surface area contributed by atoms with Crippen molar-refractivity contribution >= 4 is 23.0 Å². The lowest BCUT2D eigenvalue weighted by atomic mass is 9.48. The molecular formula is C32H42N4O4. The molecule has 1 heterocycles. The van der Waals surface area contributed by atoms with E-state index in [0.717, 1.165) is 23.4 Å². The van der Waals surface area contributed by atoms with Crippen molar-refractivity contribution in [2.45, 2.75) is 71.4 Å². The molecule has 40 heavy (non-hydrogen) atoms. The highest BCUT2D eigenvalue weighted by atomic mass is 16.6. The van der Waals surface area contributed by atoms with Crippen molar-refractivity contribution in [1.82, 2.24) is 4.90 Å². The molecule has 0 aromatic heterocycles. The molecule has 1 N–H and O–H groups in total. The molecule has 4 aliphatic carbocycles. The third-order valence-corrected chi connectivity index (χ3v) is 9.94. The molecule has 0 spiro atoms. The minimum Gasteiger partial charge on any atom is -0.491 e. The summed E-state index contributed by atoms with van der Waals surface area (Å²) in [6.07, 6.45) is 7.95. The van der Waals surface area contributed by atoms with Crippen LogP contribution in [0, 0.1) is 33.3 Å². The van der Waals surface area contributed by atoms with Crippen molar-refractivity contribution in [2.24, 2.45) is 23.2 Å². The normalized spacial score (nSPS) is 28.1. The zero-order valence-electron chi connectivity index (χ0n) is 24.0. The van der Waals surface area contributed by atoms with Gasteiger partial charge in [0.15, 0.2) is 0 Å². The number of hydrogen-bond donors (Lipinski definition) is 1. The lowest BCUT2D eigenvalue weighted by molar-refractivity contribution is -0.384. The molecule has 2 aromatic rings. The van der Waals surface area contributed by atoms with Gasteiger partial charge in [0.05, 0.1) is 11.0 Å². The van der Waals surface area contributed by atoms with Crippen molar-refractivity contribution in [3.63, 3.8) is 0 Å². The van der Waals surface area contributed by atoms with Crippen molar-refractivity contribution in [3.05, 3.63) is 58.1 Å². The molecule has 1 atom stereocenters. The zero-order chi connectivity index (χ0) is 28.0. The quantitative estimate of drug-likeness (QED) is 0.306. The Labute approximate surface area is 237 Å². The summed E-state index contributed by atoms with van der Waals surface area (Å²) in [6.45, 7) is 8.73. The Balaban J connectivity index is 1.14. The van der Waals surface area contributed by atoms with Crippen LogP contribution in [0.1, 0.15) is 69.7 Å². The van der Waals surface area contributed by atoms with Crippen molar-refractivity contribution in [3.8, 4) is 5.75 Å². The summed E-state index contributed by atoms with van der Waals surface area (Å²) in [5.74, 6) is 3.21. The SMILES string of the molecule is CC(C)Oc1cccc(C(=O)N2CCN(c3ccc([N+](=O)[O-])c(N[C@@H](C)C45CC6CC(CC(C6)C4)C5)c3)CC2)c1. The molecule has 1 saturated heterocycles. The molecule has 2 aromatic carbocycles. The summed E-state index contributed by atoms with van der Waals surface area (Å²) >= 11 is 0. The number of nitro benzene ring substituents is 1. The number of nitrogens with one attached hydrogen (secondary N) is 1. The Morgan fingerprint density at radius 1 is 0.975 bits per heavy atom. The number of piperazine rings is 1. The van der Waals surface area contributed by atoms with Crippen LogP contribution in [0.3, 0.4) is 0 Å². The van der Waals surface area contributed by atoms with Crippen LogP contribution in [-0.4, -0.2) is 54.1 Å². The van der Waals surface area contributed by atoms with Crippen LogP contribution in [0.4, 0.5) is 17.1 Å². The van der Waals surface area contributed by atoms with E-state index in [0.29, 0.717) is 43.2 Å². The highest BCUT2D eigenvalue weighted by molar-refractivity contribution is 5.94. The Kier molecular flexibility index (Phi) is 7.13. The minimum atomic E-state index is -0.272. The summed E-state index contributed by atoms with van der Waals surface area (Å²) in [5, 5.41) is 15.6. The Hall–Kier alpha value is -3.29. The van der Waals surface area contributed by atoms with Gasteiger partial charge >= 0.3 is 0 Å². The molecule has 0 unspecified atom stereocenters. The van der Waals surface area contributed by atoms with Crippen molar-refractivity contribution < 1.29 is 14.5 Å². The predicted octanol–water partition coefficient (Wildman–Crippen LogP) is 6.36. The fourth-order valence-corrected chi connectivity index (χ4v) is 8.41. The summed E-state index contributed by atoms with van der Waals surface area (Å²) in [7, 11) is 0. The van der Waals surface area contributed by atoms with Crippen molar-refractivity contribution in [2.75, 3.05) is 36.4 Å². The molecule has 7 rings (SSSR count). The standard InChI is InChI=1S/C32H42N4O4/c1-21(2)40-28-6-4-5-26(16-28)31(37)35-11-9-34(10-12-35)27-7-8-30(36(38)39)29(17-27)33-22(3)32-18-23-13-24(19-32)15-25(14-23)20-32/h4-8,16-17,21-25,33H,9-15,18-20H2,1-3H3/t22-,23?,24?,25?,32?/m0/s1. The first-order chi connectivity index (χ1) is 19.2. The van der Waals surface area contributed by atoms with Crippen LogP contribution in [-0.2, 0) is 0 Å². The molecule has 4 bridgehead atoms. The van der Waals surface area contributed by atoms with E-state index in [4.69, 9.17) is 4.74 Å². The van der Waals surface area contributed by atoms with Gasteiger partial charge in [-0.05, 0) is 113 Å². The Morgan fingerprint density at radius 2 is 1.62 bits per heavy atom. The Bertz CT molecular complexity index is 1230. The van der Waals surface area contributed by atoms with Gasteiger partial charge in [-0.15, -0.1) is 0 Å². The number of ether oxygens (including phenoxy) is 1. The number of hydrogen-bond acceptors (Lipinski definition) is 6. The zero-order valence-corrected chi connectivity index (χ0v) is 24.0. The first-order valence-electron chi connectivity index (χ1n) is 15.0. The van der Waals surface area contributed by atoms with E-state index in [2.05, 4.69) is 17.1 Å². The smallest absolute Gasteiger partial charge is 0.292 e. The number of carbonyl (C=O) groups excluding carboxylic acids is 1. The highest BCUT2D eigenvalue weighted by Gasteiger charge is 2.53. The second-order valence-electron chi connectivity index (χ2n) is 13.1. The molecule has 1 aliphatic heterocycles. The third-order valence-electron chi connectivity index (χ3n) is 9.94. The monoisotopic (exact) mass is 546 g/mol. The molecule has 5 fully saturated rings. The molecule has 4 saturated carbocycles. The number of nitro groups is 1. The van der Waals surface area contributed by atoms with Gasteiger partial charge in [-0.3, -0.25) is 14.9 Å². The molecule has 5 aliphatic rings. The van der Waals surface area contributed by atoms with Crippen LogP contribution in [0.5, 0.6) is 5.75 Å². The third kappa shape index (κ3) is 5.25. The largest absolute Gasteiger partial charge is 0.491 e. The van der Waals surface area contributed by atoms with Gasteiger partial charge in [0.2, 0.25) is 0 Å². The van der Waals surface area contributed by atoms with E-state index in [1.807, 2.05) is 55.1 Å². The molecule has 0 radical (unpaired) electrons. The molecular weight excluding hydrogens is 504 g/mol. The fraction of sp³-hybridized carbons (Fsp3) is 0.594. The van der Waals surface area contributed by atoms with E-state index in [1.165, 1.54) is 38.5 Å². The van der Waals surface area contributed by atoms with E-state index < -0.39 is 0 Å². The maximum Gasteiger partial charge on any atom is 0.292 e. The van der Waals surface area contributed by atoms with Gasteiger partial charge in [0.25, 0.3) is 11.6 Å².